The van der Waals surface area contributed by atoms with Crippen molar-refractivity contribution in [3.8, 4) is 28.1 Å². The molecule has 254 valence electrons. The van der Waals surface area contributed by atoms with E-state index in [2.05, 4.69) is 36.1 Å². The van der Waals surface area contributed by atoms with Crippen molar-refractivity contribution in [2.45, 2.75) is 38.4 Å². The number of ether oxygens (including phenoxy) is 1. The molecule has 2 aromatic heterocycles. The number of carbonyl (C=O) groups excluding carboxylic acids is 2. The quantitative estimate of drug-likeness (QED) is 0.157. The molecule has 0 bridgehead atoms. The highest BCUT2D eigenvalue weighted by atomic mass is 35.5. The van der Waals surface area contributed by atoms with Gasteiger partial charge in [-0.2, -0.15) is 0 Å². The van der Waals surface area contributed by atoms with Crippen LogP contribution in [0, 0.1) is 11.2 Å². The highest BCUT2D eigenvalue weighted by Gasteiger charge is 2.48. The summed E-state index contributed by atoms with van der Waals surface area (Å²) in [5, 5.41) is 13.1. The van der Waals surface area contributed by atoms with Gasteiger partial charge < -0.3 is 26.0 Å². The first kappa shape index (κ1) is 33.2. The van der Waals surface area contributed by atoms with E-state index in [1.807, 2.05) is 30.3 Å². The van der Waals surface area contributed by atoms with Crippen LogP contribution < -0.4 is 26.0 Å². The number of hydrogen-bond acceptors (Lipinski definition) is 8. The predicted molar refractivity (Wildman–Crippen MR) is 187 cm³/mol. The first-order valence-electron chi connectivity index (χ1n) is 16.2. The van der Waals surface area contributed by atoms with Crippen molar-refractivity contribution in [3.05, 3.63) is 87.9 Å². The molecule has 0 aliphatic carbocycles. The van der Waals surface area contributed by atoms with Crippen LogP contribution in [0.2, 0.25) is 10.0 Å². The van der Waals surface area contributed by atoms with E-state index < -0.39 is 5.82 Å². The second-order valence-electron chi connectivity index (χ2n) is 13.0. The van der Waals surface area contributed by atoms with Crippen LogP contribution in [-0.4, -0.2) is 66.0 Å². The topological polar surface area (TPSA) is 121 Å². The number of halogens is 3. The Labute approximate surface area is 293 Å². The molecule has 1 atom stereocenters. The zero-order valence-corrected chi connectivity index (χ0v) is 28.4. The average Bonchev–Trinajstić information content (AvgIpc) is 3.69. The molecule has 0 unspecified atom stereocenters. The largest absolute Gasteiger partial charge is 0.496 e. The van der Waals surface area contributed by atoms with Gasteiger partial charge in [0.2, 0.25) is 11.8 Å². The molecule has 5 heterocycles. The molecule has 1 spiro atoms. The minimum atomic E-state index is -0.451. The molecule has 10 nitrogen and oxygen atoms in total. The van der Waals surface area contributed by atoms with Gasteiger partial charge in [-0.3, -0.25) is 19.5 Å². The monoisotopic (exact) mass is 703 g/mol. The van der Waals surface area contributed by atoms with Gasteiger partial charge in [-0.25, -0.2) is 9.37 Å². The molecule has 13 heteroatoms. The Morgan fingerprint density at radius 2 is 1.84 bits per heavy atom. The number of amides is 2. The zero-order valence-electron chi connectivity index (χ0n) is 26.9. The molecule has 3 aliphatic heterocycles. The lowest BCUT2D eigenvalue weighted by atomic mass is 9.79. The fourth-order valence-corrected chi connectivity index (χ4v) is 7.59. The summed E-state index contributed by atoms with van der Waals surface area (Å²) in [6.45, 7) is 3.84. The van der Waals surface area contributed by atoms with Crippen molar-refractivity contribution in [2.75, 3.05) is 38.6 Å². The molecule has 2 amide bonds. The molecule has 49 heavy (non-hydrogen) atoms. The average molecular weight is 705 g/mol. The number of methoxy groups -OCH3 is 1. The smallest absolute Gasteiger partial charge is 0.220 e. The number of likely N-dealkylation sites (tertiary alicyclic amines) is 1. The lowest BCUT2D eigenvalue weighted by Gasteiger charge is -2.47. The summed E-state index contributed by atoms with van der Waals surface area (Å²) >= 11 is 13.9. The van der Waals surface area contributed by atoms with E-state index in [4.69, 9.17) is 27.9 Å². The number of rotatable bonds is 11. The van der Waals surface area contributed by atoms with Crippen LogP contribution in [0.1, 0.15) is 30.4 Å². The van der Waals surface area contributed by atoms with E-state index in [0.717, 1.165) is 30.6 Å². The summed E-state index contributed by atoms with van der Waals surface area (Å²) in [6, 6.07) is 14.9. The van der Waals surface area contributed by atoms with Gasteiger partial charge in [0.05, 0.1) is 28.5 Å². The number of hydrogen-bond donors (Lipinski definition) is 4. The van der Waals surface area contributed by atoms with Crippen LogP contribution in [0.3, 0.4) is 0 Å². The number of nitrogens with zero attached hydrogens (tertiary/aromatic N) is 3. The van der Waals surface area contributed by atoms with Crippen LogP contribution in [0.4, 0.5) is 15.9 Å². The number of benzene rings is 2. The van der Waals surface area contributed by atoms with E-state index in [1.54, 1.807) is 37.7 Å². The van der Waals surface area contributed by atoms with Crippen molar-refractivity contribution in [1.29, 1.82) is 0 Å². The van der Waals surface area contributed by atoms with Gasteiger partial charge >= 0.3 is 0 Å². The van der Waals surface area contributed by atoms with Gasteiger partial charge in [-0.05, 0) is 30.7 Å². The number of anilines is 2. The summed E-state index contributed by atoms with van der Waals surface area (Å²) in [7, 11) is 1.62. The number of aromatic nitrogens is 2. The number of carbonyl (C=O) groups is 2. The fourth-order valence-electron chi connectivity index (χ4n) is 6.99. The van der Waals surface area contributed by atoms with Crippen molar-refractivity contribution >= 4 is 46.5 Å². The summed E-state index contributed by atoms with van der Waals surface area (Å²) in [5.74, 6) is 0.476. The van der Waals surface area contributed by atoms with E-state index in [9.17, 15) is 9.59 Å². The van der Waals surface area contributed by atoms with E-state index >= 15 is 4.39 Å². The lowest BCUT2D eigenvalue weighted by molar-refractivity contribution is -0.121. The van der Waals surface area contributed by atoms with Crippen LogP contribution in [0.5, 0.6) is 5.75 Å². The summed E-state index contributed by atoms with van der Waals surface area (Å²) < 4.78 is 21.4. The molecule has 3 saturated heterocycles. The van der Waals surface area contributed by atoms with Crippen molar-refractivity contribution in [3.63, 3.8) is 0 Å². The molecule has 4 aromatic rings. The van der Waals surface area contributed by atoms with Crippen LogP contribution >= 0.6 is 23.2 Å². The van der Waals surface area contributed by atoms with Gasteiger partial charge in [0.15, 0.2) is 11.6 Å². The maximum atomic E-state index is 15.7. The highest BCUT2D eigenvalue weighted by molar-refractivity contribution is 6.39. The molecule has 7 rings (SSSR count). The summed E-state index contributed by atoms with van der Waals surface area (Å²) in [4.78, 5) is 34.2. The van der Waals surface area contributed by atoms with Gasteiger partial charge in [0, 0.05) is 104 Å². The Hall–Kier alpha value is -4.29. The van der Waals surface area contributed by atoms with Crippen molar-refractivity contribution in [2.24, 2.45) is 5.41 Å². The van der Waals surface area contributed by atoms with E-state index in [0.29, 0.717) is 82.9 Å². The molecule has 3 fully saturated rings. The van der Waals surface area contributed by atoms with E-state index in [-0.39, 0.29) is 29.1 Å². The summed E-state index contributed by atoms with van der Waals surface area (Å²) in [5.41, 5.74) is 4.56. The second kappa shape index (κ2) is 13.9. The van der Waals surface area contributed by atoms with Gasteiger partial charge in [0.1, 0.15) is 5.75 Å². The molecule has 4 N–H and O–H groups in total. The maximum absolute atomic E-state index is 15.7. The predicted octanol–water partition coefficient (Wildman–Crippen LogP) is 5.70. The van der Waals surface area contributed by atoms with Crippen molar-refractivity contribution in [1.82, 2.24) is 30.8 Å². The molecule has 0 saturated carbocycles. The molecular weight excluding hydrogens is 668 g/mol. The van der Waals surface area contributed by atoms with Gasteiger partial charge in [-0.1, -0.05) is 47.5 Å². The summed E-state index contributed by atoms with van der Waals surface area (Å²) in [6.07, 6.45) is 5.17. The Morgan fingerprint density at radius 3 is 2.59 bits per heavy atom. The second-order valence-corrected chi connectivity index (χ2v) is 13.8. The standard InChI is InChI=1S/C36H36Cl2FN7O3/c1-49-28-13-21(5-6-22(28)15-40-16-24-7-8-29(47)44-24)34-32(38)26(10-12-41-34)25-3-2-4-27(31(25)37)45-35-33(39)23(9-11-42-35)17-46-19-36(20-46)14-30(48)43-18-36/h2-6,9-13,24,40H,7-8,14-20H2,1H3,(H,42,45)(H,43,48)(H,44,47)/t24-/m1/s1. The third kappa shape index (κ3) is 6.94. The van der Waals surface area contributed by atoms with Crippen LogP contribution in [0.15, 0.2) is 60.9 Å². The lowest BCUT2D eigenvalue weighted by Crippen LogP contribution is -2.56. The minimum absolute atomic E-state index is 0.0343. The third-order valence-electron chi connectivity index (χ3n) is 9.46. The Kier molecular flexibility index (Phi) is 9.43. The van der Waals surface area contributed by atoms with E-state index in [1.165, 1.54) is 0 Å². The third-order valence-corrected chi connectivity index (χ3v) is 10.2. The Balaban J connectivity index is 1.07. The molecule has 3 aliphatic rings. The molecule has 0 radical (unpaired) electrons. The Bertz CT molecular complexity index is 1920. The Morgan fingerprint density at radius 1 is 1.02 bits per heavy atom. The number of pyridine rings is 2. The SMILES string of the molecule is COc1cc(-c2nccc(-c3cccc(Nc4nccc(CN5CC6(CNC(=O)C6)C5)c4F)c3Cl)c2Cl)ccc1CNC[C@H]1CCC(=O)N1. The maximum Gasteiger partial charge on any atom is 0.220 e. The first-order chi connectivity index (χ1) is 23.7. The fraction of sp³-hybridized carbons (Fsp3) is 0.333. The van der Waals surface area contributed by atoms with Gasteiger partial charge in [0.25, 0.3) is 0 Å². The minimum Gasteiger partial charge on any atom is -0.496 e. The molecular formula is C36H36Cl2FN7O3. The van der Waals surface area contributed by atoms with Gasteiger partial charge in [-0.15, -0.1) is 0 Å². The zero-order chi connectivity index (χ0) is 34.1. The number of nitrogens with one attached hydrogen (secondary N) is 4. The molecule has 2 aromatic carbocycles. The van der Waals surface area contributed by atoms with Crippen LogP contribution in [-0.2, 0) is 22.7 Å². The normalized spacial score (nSPS) is 18.3. The highest BCUT2D eigenvalue weighted by Crippen LogP contribution is 2.42. The first-order valence-corrected chi connectivity index (χ1v) is 17.0. The van der Waals surface area contributed by atoms with Crippen LogP contribution in [0.25, 0.3) is 22.4 Å². The van der Waals surface area contributed by atoms with Crippen molar-refractivity contribution < 1.29 is 18.7 Å².